The Morgan fingerprint density at radius 1 is 1.07 bits per heavy atom. The van der Waals surface area contributed by atoms with Crippen LogP contribution < -0.4 is 24.4 Å². The molecule has 7 heteroatoms. The third-order valence-electron chi connectivity index (χ3n) is 5.09. The highest BCUT2D eigenvalue weighted by Crippen LogP contribution is 2.42. The number of carbonyl (C=O) groups excluding carboxylic acids is 2. The zero-order chi connectivity index (χ0) is 21.0. The molecule has 1 aliphatic heterocycles. The highest BCUT2D eigenvalue weighted by molar-refractivity contribution is 6.03. The van der Waals surface area contributed by atoms with Gasteiger partial charge in [-0.1, -0.05) is 19.1 Å². The van der Waals surface area contributed by atoms with Gasteiger partial charge in [-0.05, 0) is 24.1 Å². The molecule has 1 unspecified atom stereocenters. The van der Waals surface area contributed by atoms with Crippen LogP contribution in [0.4, 0.5) is 11.4 Å². The molecule has 1 aliphatic rings. The van der Waals surface area contributed by atoms with Crippen LogP contribution in [0, 0.1) is 5.92 Å². The summed E-state index contributed by atoms with van der Waals surface area (Å²) in [6.45, 7) is 2.37. The van der Waals surface area contributed by atoms with Gasteiger partial charge in [0.1, 0.15) is 0 Å². The minimum absolute atomic E-state index is 0.124. The van der Waals surface area contributed by atoms with Gasteiger partial charge in [-0.25, -0.2) is 0 Å². The van der Waals surface area contributed by atoms with E-state index in [1.807, 2.05) is 24.3 Å². The summed E-state index contributed by atoms with van der Waals surface area (Å²) in [5.41, 5.74) is 2.53. The Hall–Kier alpha value is -3.22. The summed E-state index contributed by atoms with van der Waals surface area (Å²) in [7, 11) is 4.56. The van der Waals surface area contributed by atoms with Gasteiger partial charge in [0.25, 0.3) is 0 Å². The monoisotopic (exact) mass is 398 g/mol. The van der Waals surface area contributed by atoms with Crippen molar-refractivity contribution in [3.8, 4) is 17.2 Å². The van der Waals surface area contributed by atoms with E-state index in [1.54, 1.807) is 17.0 Å². The molecule has 2 aromatic carbocycles. The first-order chi connectivity index (χ1) is 14.0. The Morgan fingerprint density at radius 2 is 1.69 bits per heavy atom. The van der Waals surface area contributed by atoms with Gasteiger partial charge in [0.15, 0.2) is 11.5 Å². The molecule has 7 nitrogen and oxygen atoms in total. The molecule has 29 heavy (non-hydrogen) atoms. The van der Waals surface area contributed by atoms with Crippen molar-refractivity contribution in [1.29, 1.82) is 0 Å². The zero-order valence-electron chi connectivity index (χ0n) is 17.2. The maximum absolute atomic E-state index is 12.7. The average Bonchev–Trinajstić information content (AvgIpc) is 3.14. The molecule has 1 fully saturated rings. The van der Waals surface area contributed by atoms with Crippen LogP contribution in [-0.4, -0.2) is 39.7 Å². The number of hydrogen-bond donors (Lipinski definition) is 1. The van der Waals surface area contributed by atoms with E-state index >= 15 is 0 Å². The first-order valence-electron chi connectivity index (χ1n) is 9.50. The van der Waals surface area contributed by atoms with Crippen LogP contribution >= 0.6 is 0 Å². The Bertz CT molecular complexity index is 870. The van der Waals surface area contributed by atoms with Crippen LogP contribution in [0.25, 0.3) is 0 Å². The van der Waals surface area contributed by atoms with Crippen molar-refractivity contribution in [3.05, 3.63) is 42.0 Å². The highest BCUT2D eigenvalue weighted by atomic mass is 16.5. The number of methoxy groups -OCH3 is 3. The Labute approximate surface area is 170 Å². The molecule has 1 saturated heterocycles. The van der Waals surface area contributed by atoms with Crippen molar-refractivity contribution in [2.75, 3.05) is 38.1 Å². The third-order valence-corrected chi connectivity index (χ3v) is 5.09. The fourth-order valence-electron chi connectivity index (χ4n) is 3.42. The van der Waals surface area contributed by atoms with Crippen molar-refractivity contribution in [2.24, 2.45) is 5.92 Å². The lowest BCUT2D eigenvalue weighted by Gasteiger charge is -2.20. The summed E-state index contributed by atoms with van der Waals surface area (Å²) in [5.74, 6) is 0.637. The Balaban J connectivity index is 1.76. The molecule has 2 aromatic rings. The second-order valence-corrected chi connectivity index (χ2v) is 6.83. The number of rotatable bonds is 7. The fourth-order valence-corrected chi connectivity index (χ4v) is 3.42. The first-order valence-corrected chi connectivity index (χ1v) is 9.50. The van der Waals surface area contributed by atoms with Crippen LogP contribution in [0.15, 0.2) is 36.4 Å². The van der Waals surface area contributed by atoms with Gasteiger partial charge in [0, 0.05) is 30.8 Å². The van der Waals surface area contributed by atoms with Gasteiger partial charge in [-0.2, -0.15) is 0 Å². The van der Waals surface area contributed by atoms with Gasteiger partial charge in [0.05, 0.1) is 32.9 Å². The lowest BCUT2D eigenvalue weighted by Crippen LogP contribution is -2.28. The fraction of sp³-hybridized carbons (Fsp3) is 0.364. The number of carbonyl (C=O) groups is 2. The molecule has 1 atom stereocenters. The Kier molecular flexibility index (Phi) is 6.26. The first kappa shape index (κ1) is 20.5. The predicted octanol–water partition coefficient (Wildman–Crippen LogP) is 3.27. The quantitative estimate of drug-likeness (QED) is 0.775. The van der Waals surface area contributed by atoms with E-state index in [4.69, 9.17) is 14.2 Å². The van der Waals surface area contributed by atoms with Gasteiger partial charge >= 0.3 is 0 Å². The molecule has 0 spiro atoms. The van der Waals surface area contributed by atoms with Crippen LogP contribution in [-0.2, 0) is 16.0 Å². The van der Waals surface area contributed by atoms with Crippen LogP contribution in [0.3, 0.4) is 0 Å². The van der Waals surface area contributed by atoms with Gasteiger partial charge < -0.3 is 24.4 Å². The van der Waals surface area contributed by atoms with Gasteiger partial charge in [-0.15, -0.1) is 0 Å². The summed E-state index contributed by atoms with van der Waals surface area (Å²) in [5, 5.41) is 2.90. The van der Waals surface area contributed by atoms with Crippen LogP contribution in [0.2, 0.25) is 0 Å². The van der Waals surface area contributed by atoms with Crippen molar-refractivity contribution in [2.45, 2.75) is 19.8 Å². The van der Waals surface area contributed by atoms with Crippen molar-refractivity contribution < 1.29 is 23.8 Å². The second kappa shape index (κ2) is 8.86. The predicted molar refractivity (Wildman–Crippen MR) is 111 cm³/mol. The van der Waals surface area contributed by atoms with Crippen LogP contribution in [0.1, 0.15) is 18.9 Å². The molecule has 3 rings (SSSR count). The Morgan fingerprint density at radius 3 is 2.21 bits per heavy atom. The molecule has 1 heterocycles. The number of ether oxygens (including phenoxy) is 3. The molecular weight excluding hydrogens is 372 g/mol. The molecular formula is C22H26N2O5. The van der Waals surface area contributed by atoms with E-state index < -0.39 is 5.92 Å². The summed E-state index contributed by atoms with van der Waals surface area (Å²) in [6.07, 6.45) is 1.09. The smallest absolute Gasteiger partial charge is 0.229 e. The van der Waals surface area contributed by atoms with E-state index in [2.05, 4.69) is 12.2 Å². The maximum Gasteiger partial charge on any atom is 0.229 e. The number of anilines is 2. The number of hydrogen-bond acceptors (Lipinski definition) is 5. The average molecular weight is 398 g/mol. The van der Waals surface area contributed by atoms with E-state index in [1.165, 1.54) is 26.9 Å². The maximum atomic E-state index is 12.7. The lowest BCUT2D eigenvalue weighted by molar-refractivity contribution is -0.122. The van der Waals surface area contributed by atoms with E-state index in [0.29, 0.717) is 22.9 Å². The summed E-state index contributed by atoms with van der Waals surface area (Å²) < 4.78 is 16.1. The number of nitrogens with one attached hydrogen (secondary N) is 1. The number of aryl methyl sites for hydroxylation is 1. The third kappa shape index (κ3) is 4.29. The largest absolute Gasteiger partial charge is 0.493 e. The molecule has 2 amide bonds. The summed E-state index contributed by atoms with van der Waals surface area (Å²) >= 11 is 0. The molecule has 0 aliphatic carbocycles. The minimum atomic E-state index is -0.438. The number of benzene rings is 2. The van der Waals surface area contributed by atoms with E-state index in [9.17, 15) is 9.59 Å². The number of nitrogens with zero attached hydrogens (tertiary/aromatic N) is 1. The summed E-state index contributed by atoms with van der Waals surface area (Å²) in [4.78, 5) is 26.9. The van der Waals surface area contributed by atoms with Gasteiger partial charge in [-0.3, -0.25) is 9.59 Å². The minimum Gasteiger partial charge on any atom is -0.493 e. The van der Waals surface area contributed by atoms with E-state index in [-0.39, 0.29) is 24.8 Å². The topological polar surface area (TPSA) is 77.1 Å². The normalized spacial score (nSPS) is 15.9. The molecule has 1 N–H and O–H groups in total. The SMILES string of the molecule is CCc1ccc(NC(=O)C2CC(=O)N(c3cc(OC)c(OC)c(OC)c3)C2)cc1. The van der Waals surface area contributed by atoms with Crippen molar-refractivity contribution in [1.82, 2.24) is 0 Å². The highest BCUT2D eigenvalue weighted by Gasteiger charge is 2.36. The van der Waals surface area contributed by atoms with Crippen molar-refractivity contribution in [3.63, 3.8) is 0 Å². The summed E-state index contributed by atoms with van der Waals surface area (Å²) in [6, 6.07) is 11.1. The van der Waals surface area contributed by atoms with Gasteiger partial charge in [0.2, 0.25) is 17.6 Å². The zero-order valence-corrected chi connectivity index (χ0v) is 17.2. The van der Waals surface area contributed by atoms with Crippen molar-refractivity contribution >= 4 is 23.2 Å². The molecule has 154 valence electrons. The second-order valence-electron chi connectivity index (χ2n) is 6.83. The lowest BCUT2D eigenvalue weighted by atomic mass is 10.1. The molecule has 0 bridgehead atoms. The molecule has 0 radical (unpaired) electrons. The standard InChI is InChI=1S/C22H26N2O5/c1-5-14-6-8-16(9-7-14)23-22(26)15-10-20(25)24(13-15)17-11-18(27-2)21(29-4)19(12-17)28-3/h6-9,11-12,15H,5,10,13H2,1-4H3,(H,23,26). The van der Waals surface area contributed by atoms with Crippen LogP contribution in [0.5, 0.6) is 17.2 Å². The molecule has 0 aromatic heterocycles. The number of amides is 2. The molecule has 0 saturated carbocycles. The van der Waals surface area contributed by atoms with E-state index in [0.717, 1.165) is 12.1 Å².